The first-order valence-corrected chi connectivity index (χ1v) is 6.40. The molecule has 0 saturated carbocycles. The molecule has 2 atom stereocenters. The summed E-state index contributed by atoms with van der Waals surface area (Å²) in [6.07, 6.45) is 0.900. The van der Waals surface area contributed by atoms with Gasteiger partial charge in [-0.1, -0.05) is 24.6 Å². The quantitative estimate of drug-likeness (QED) is 0.804. The number of likely N-dealkylation sites (tertiary alicyclic amines) is 1. The number of para-hydroxylation sites is 1. The largest absolute Gasteiger partial charge is 0.397 e. The van der Waals surface area contributed by atoms with Crippen LogP contribution in [-0.2, 0) is 0 Å². The molecule has 1 amide bonds. The highest BCUT2D eigenvalue weighted by Gasteiger charge is 2.34. The number of aliphatic hydroxyl groups is 1. The Balaban J connectivity index is 2.29. The fraction of sp³-hybridized carbons (Fsp3) is 0.462. The van der Waals surface area contributed by atoms with E-state index in [1.807, 2.05) is 6.92 Å². The lowest BCUT2D eigenvalue weighted by Gasteiger charge is -2.25. The van der Waals surface area contributed by atoms with Crippen LogP contribution in [-0.4, -0.2) is 35.1 Å². The number of benzene rings is 1. The molecule has 1 fully saturated rings. The number of nitrogens with two attached hydrogens (primary N) is 1. The molecule has 4 nitrogen and oxygen atoms in total. The van der Waals surface area contributed by atoms with Gasteiger partial charge in [0.2, 0.25) is 0 Å². The van der Waals surface area contributed by atoms with Crippen LogP contribution in [0.3, 0.4) is 0 Å². The Morgan fingerprint density at radius 2 is 2.33 bits per heavy atom. The minimum atomic E-state index is -0.154. The Kier molecular flexibility index (Phi) is 3.78. The number of hydrogen-bond acceptors (Lipinski definition) is 3. The normalized spacial score (nSPS) is 23.4. The summed E-state index contributed by atoms with van der Waals surface area (Å²) in [7, 11) is 0. The highest BCUT2D eigenvalue weighted by atomic mass is 35.5. The molecular weight excluding hydrogens is 252 g/mol. The summed E-state index contributed by atoms with van der Waals surface area (Å²) in [6.45, 7) is 2.67. The monoisotopic (exact) mass is 268 g/mol. The molecule has 1 aliphatic rings. The minimum absolute atomic E-state index is 0.0205. The molecule has 0 aromatic heterocycles. The first-order valence-electron chi connectivity index (χ1n) is 6.02. The van der Waals surface area contributed by atoms with E-state index < -0.39 is 0 Å². The van der Waals surface area contributed by atoms with Gasteiger partial charge in [-0.15, -0.1) is 0 Å². The van der Waals surface area contributed by atoms with Crippen molar-refractivity contribution in [3.05, 3.63) is 28.8 Å². The number of aliphatic hydroxyl groups excluding tert-OH is 1. The maximum atomic E-state index is 12.4. The number of nitrogens with zero attached hydrogens (tertiary/aromatic N) is 1. The smallest absolute Gasteiger partial charge is 0.256 e. The van der Waals surface area contributed by atoms with E-state index in [-0.39, 0.29) is 18.6 Å². The summed E-state index contributed by atoms with van der Waals surface area (Å²) in [5.41, 5.74) is 6.55. The fourth-order valence-corrected chi connectivity index (χ4v) is 2.59. The molecule has 0 aliphatic carbocycles. The molecule has 2 unspecified atom stereocenters. The third kappa shape index (κ3) is 2.18. The van der Waals surface area contributed by atoms with Gasteiger partial charge in [0.05, 0.1) is 28.9 Å². The molecule has 1 saturated heterocycles. The number of amides is 1. The molecule has 1 heterocycles. The number of nitrogen functional groups attached to an aromatic ring is 1. The molecule has 0 spiro atoms. The number of hydrogen-bond donors (Lipinski definition) is 2. The van der Waals surface area contributed by atoms with Gasteiger partial charge in [0.15, 0.2) is 0 Å². The van der Waals surface area contributed by atoms with Gasteiger partial charge in [-0.3, -0.25) is 4.79 Å². The Labute approximate surface area is 111 Å². The zero-order chi connectivity index (χ0) is 13.3. The third-order valence-corrected chi connectivity index (χ3v) is 3.94. The van der Waals surface area contributed by atoms with E-state index in [0.717, 1.165) is 6.42 Å². The van der Waals surface area contributed by atoms with Crippen molar-refractivity contribution >= 4 is 23.2 Å². The van der Waals surface area contributed by atoms with Gasteiger partial charge in [0, 0.05) is 6.54 Å². The average Bonchev–Trinajstić information content (AvgIpc) is 2.73. The van der Waals surface area contributed by atoms with E-state index in [9.17, 15) is 9.90 Å². The Morgan fingerprint density at radius 3 is 3.00 bits per heavy atom. The van der Waals surface area contributed by atoms with Crippen LogP contribution in [0.2, 0.25) is 5.02 Å². The second-order valence-electron chi connectivity index (χ2n) is 4.72. The van der Waals surface area contributed by atoms with Gasteiger partial charge in [-0.05, 0) is 24.5 Å². The van der Waals surface area contributed by atoms with E-state index in [1.165, 1.54) is 0 Å². The zero-order valence-electron chi connectivity index (χ0n) is 10.3. The number of halogens is 1. The Bertz CT molecular complexity index is 464. The summed E-state index contributed by atoms with van der Waals surface area (Å²) in [5.74, 6) is 0.151. The highest BCUT2D eigenvalue weighted by molar-refractivity contribution is 6.33. The second-order valence-corrected chi connectivity index (χ2v) is 5.12. The molecule has 5 heteroatoms. The van der Waals surface area contributed by atoms with Crippen LogP contribution >= 0.6 is 11.6 Å². The predicted molar refractivity (Wildman–Crippen MR) is 71.6 cm³/mol. The van der Waals surface area contributed by atoms with Crippen molar-refractivity contribution in [1.29, 1.82) is 0 Å². The fourth-order valence-electron chi connectivity index (χ4n) is 2.42. The van der Waals surface area contributed by atoms with E-state index in [0.29, 0.717) is 28.7 Å². The van der Waals surface area contributed by atoms with E-state index >= 15 is 0 Å². The molecule has 0 bridgehead atoms. The number of rotatable bonds is 2. The summed E-state index contributed by atoms with van der Waals surface area (Å²) in [6, 6.07) is 4.90. The Hall–Kier alpha value is -1.26. The van der Waals surface area contributed by atoms with Gasteiger partial charge in [0.25, 0.3) is 5.91 Å². The molecule has 1 aromatic carbocycles. The van der Waals surface area contributed by atoms with Crippen molar-refractivity contribution in [2.75, 3.05) is 18.9 Å². The summed E-state index contributed by atoms with van der Waals surface area (Å²) >= 11 is 5.92. The van der Waals surface area contributed by atoms with Crippen molar-refractivity contribution in [3.63, 3.8) is 0 Å². The van der Waals surface area contributed by atoms with Gasteiger partial charge in [0.1, 0.15) is 0 Å². The van der Waals surface area contributed by atoms with Crippen LogP contribution < -0.4 is 5.73 Å². The molecule has 1 aliphatic heterocycles. The molecule has 0 radical (unpaired) electrons. The van der Waals surface area contributed by atoms with E-state index in [1.54, 1.807) is 23.1 Å². The van der Waals surface area contributed by atoms with Crippen molar-refractivity contribution in [2.24, 2.45) is 5.92 Å². The lowest BCUT2D eigenvalue weighted by atomic mass is 10.0. The van der Waals surface area contributed by atoms with Crippen LogP contribution in [0.25, 0.3) is 0 Å². The maximum Gasteiger partial charge on any atom is 0.256 e. The predicted octanol–water partition coefficient (Wildman–Crippen LogP) is 1.77. The standard InChI is InChI=1S/C13H17ClN2O2/c1-8-5-6-16(11(8)7-17)13(18)9-3-2-4-10(14)12(9)15/h2-4,8,11,17H,5-7,15H2,1H3. The third-order valence-electron chi connectivity index (χ3n) is 3.61. The van der Waals surface area contributed by atoms with E-state index in [4.69, 9.17) is 17.3 Å². The topological polar surface area (TPSA) is 66.6 Å². The SMILES string of the molecule is CC1CCN(C(=O)c2cccc(Cl)c2N)C1CO. The van der Waals surface area contributed by atoms with Crippen molar-refractivity contribution in [3.8, 4) is 0 Å². The van der Waals surface area contributed by atoms with Crippen LogP contribution in [0, 0.1) is 5.92 Å². The summed E-state index contributed by atoms with van der Waals surface area (Å²) < 4.78 is 0. The zero-order valence-corrected chi connectivity index (χ0v) is 11.0. The molecule has 98 valence electrons. The van der Waals surface area contributed by atoms with Crippen LogP contribution in [0.5, 0.6) is 0 Å². The number of carbonyl (C=O) groups excluding carboxylic acids is 1. The molecule has 3 N–H and O–H groups in total. The van der Waals surface area contributed by atoms with Crippen LogP contribution in [0.15, 0.2) is 18.2 Å². The lowest BCUT2D eigenvalue weighted by Crippen LogP contribution is -2.40. The minimum Gasteiger partial charge on any atom is -0.397 e. The van der Waals surface area contributed by atoms with Crippen molar-refractivity contribution < 1.29 is 9.90 Å². The molecule has 1 aromatic rings. The molecular formula is C13H17ClN2O2. The van der Waals surface area contributed by atoms with Gasteiger partial charge >= 0.3 is 0 Å². The van der Waals surface area contributed by atoms with Crippen molar-refractivity contribution in [1.82, 2.24) is 4.90 Å². The first-order chi connectivity index (χ1) is 8.56. The highest BCUT2D eigenvalue weighted by Crippen LogP contribution is 2.29. The number of anilines is 1. The average molecular weight is 269 g/mol. The van der Waals surface area contributed by atoms with Crippen LogP contribution in [0.4, 0.5) is 5.69 Å². The van der Waals surface area contributed by atoms with Gasteiger partial charge in [-0.25, -0.2) is 0 Å². The molecule has 2 rings (SSSR count). The van der Waals surface area contributed by atoms with Gasteiger partial charge < -0.3 is 15.7 Å². The second kappa shape index (κ2) is 5.16. The lowest BCUT2D eigenvalue weighted by molar-refractivity contribution is 0.0649. The van der Waals surface area contributed by atoms with Crippen molar-refractivity contribution in [2.45, 2.75) is 19.4 Å². The Morgan fingerprint density at radius 1 is 1.61 bits per heavy atom. The van der Waals surface area contributed by atoms with Crippen LogP contribution in [0.1, 0.15) is 23.7 Å². The number of carbonyl (C=O) groups is 1. The summed E-state index contributed by atoms with van der Waals surface area (Å²) in [5, 5.41) is 9.76. The summed E-state index contributed by atoms with van der Waals surface area (Å²) in [4.78, 5) is 14.1. The maximum absolute atomic E-state index is 12.4. The van der Waals surface area contributed by atoms with E-state index in [2.05, 4.69) is 0 Å². The molecule has 18 heavy (non-hydrogen) atoms. The first kappa shape index (κ1) is 13.2. The van der Waals surface area contributed by atoms with Gasteiger partial charge in [-0.2, -0.15) is 0 Å².